The van der Waals surface area contributed by atoms with Crippen molar-refractivity contribution in [2.45, 2.75) is 33.2 Å². The summed E-state index contributed by atoms with van der Waals surface area (Å²) in [5.41, 5.74) is 1.10. The molecule has 0 saturated carbocycles. The highest BCUT2D eigenvalue weighted by Crippen LogP contribution is 2.32. The fourth-order valence-corrected chi connectivity index (χ4v) is 2.74. The molecule has 0 atom stereocenters. The molecule has 0 aliphatic carbocycles. The Morgan fingerprint density at radius 3 is 2.56 bits per heavy atom. The number of aryl methyl sites for hydroxylation is 1. The molecule has 1 heterocycles. The van der Waals surface area contributed by atoms with E-state index in [-0.39, 0.29) is 6.54 Å². The van der Waals surface area contributed by atoms with Gasteiger partial charge in [-0.3, -0.25) is 4.68 Å². The second-order valence-corrected chi connectivity index (χ2v) is 6.46. The second kappa shape index (κ2) is 7.14. The van der Waals surface area contributed by atoms with Gasteiger partial charge in [0.25, 0.3) is 0 Å². The zero-order valence-corrected chi connectivity index (χ0v) is 15.3. The van der Waals surface area contributed by atoms with Gasteiger partial charge in [0, 0.05) is 16.0 Å². The van der Waals surface area contributed by atoms with Crippen LogP contribution in [0.15, 0.2) is 39.9 Å². The van der Waals surface area contributed by atoms with E-state index in [2.05, 4.69) is 5.10 Å². The monoisotopic (exact) mass is 388 g/mol. The maximum Gasteiger partial charge on any atom is 0.379 e. The van der Waals surface area contributed by atoms with Crippen LogP contribution in [0.3, 0.4) is 0 Å². The first-order valence-electron chi connectivity index (χ1n) is 7.35. The van der Waals surface area contributed by atoms with Crippen LogP contribution < -0.4 is 0 Å². The Labute approximate surface area is 153 Å². The minimum absolute atomic E-state index is 0.214. The maximum absolute atomic E-state index is 13.8. The van der Waals surface area contributed by atoms with E-state index in [0.29, 0.717) is 32.2 Å². The lowest BCUT2D eigenvalue weighted by atomic mass is 10.1. The molecule has 134 valence electrons. The van der Waals surface area contributed by atoms with Crippen LogP contribution in [-0.4, -0.2) is 20.9 Å². The lowest BCUT2D eigenvalue weighted by molar-refractivity contribution is -0.166. The Morgan fingerprint density at radius 1 is 1.40 bits per heavy atom. The van der Waals surface area contributed by atoms with Crippen molar-refractivity contribution in [2.75, 3.05) is 0 Å². The van der Waals surface area contributed by atoms with Crippen molar-refractivity contribution in [1.82, 2.24) is 9.78 Å². The normalized spacial score (nSPS) is 14.0. The Kier molecular flexibility index (Phi) is 5.54. The number of carbonyl (C=O) groups is 1. The van der Waals surface area contributed by atoms with Crippen LogP contribution in [0.2, 0.25) is 0 Å². The van der Waals surface area contributed by atoms with Gasteiger partial charge in [-0.2, -0.15) is 13.9 Å². The highest BCUT2D eigenvalue weighted by molar-refractivity contribution is 6.40. The molecule has 8 heteroatoms. The first-order valence-corrected chi connectivity index (χ1v) is 8.11. The van der Waals surface area contributed by atoms with Crippen molar-refractivity contribution in [2.24, 2.45) is 0 Å². The number of allylic oxidation sites excluding steroid dienone is 4. The Bertz CT molecular complexity index is 897. The molecule has 0 aliphatic rings. The van der Waals surface area contributed by atoms with Crippen LogP contribution in [0.25, 0.3) is 10.9 Å². The minimum atomic E-state index is -3.98. The van der Waals surface area contributed by atoms with E-state index in [1.165, 1.54) is 10.7 Å². The molecule has 1 aromatic carbocycles. The molecular weight excluding hydrogens is 373 g/mol. The van der Waals surface area contributed by atoms with Gasteiger partial charge in [0.05, 0.1) is 22.8 Å². The van der Waals surface area contributed by atoms with Gasteiger partial charge >= 0.3 is 11.9 Å². The molecule has 0 fully saturated rings. The topological polar surface area (TPSA) is 55.1 Å². The van der Waals surface area contributed by atoms with E-state index in [1.54, 1.807) is 26.8 Å². The number of hydrogen-bond donors (Lipinski definition) is 1. The number of benzene rings is 1. The molecule has 0 unspecified atom stereocenters. The highest BCUT2D eigenvalue weighted by Gasteiger charge is 2.41. The number of alkyl halides is 2. The number of hydrogen-bond acceptors (Lipinski definition) is 2. The molecule has 1 N–H and O–H groups in total. The molecule has 0 aliphatic heterocycles. The quantitative estimate of drug-likeness (QED) is 0.718. The average Bonchev–Trinajstić information content (AvgIpc) is 2.87. The minimum Gasteiger partial charge on any atom is -0.477 e. The maximum atomic E-state index is 13.8. The number of aliphatic carboxylic acids is 1. The molecule has 25 heavy (non-hydrogen) atoms. The van der Waals surface area contributed by atoms with E-state index >= 15 is 0 Å². The van der Waals surface area contributed by atoms with Gasteiger partial charge in [0.2, 0.25) is 0 Å². The van der Waals surface area contributed by atoms with E-state index < -0.39 is 17.5 Å². The van der Waals surface area contributed by atoms with E-state index in [0.717, 1.165) is 12.1 Å². The smallest absolute Gasteiger partial charge is 0.379 e. The summed E-state index contributed by atoms with van der Waals surface area (Å²) in [5, 5.41) is 14.5. The number of rotatable bonds is 5. The fraction of sp³-hybridized carbons (Fsp3) is 0.294. The largest absolute Gasteiger partial charge is 0.477 e. The van der Waals surface area contributed by atoms with Crippen molar-refractivity contribution < 1.29 is 18.7 Å². The summed E-state index contributed by atoms with van der Waals surface area (Å²) in [6.45, 7) is 5.38. The molecular formula is C17H16Cl2F2N2O2. The third-order valence-corrected chi connectivity index (χ3v) is 4.63. The van der Waals surface area contributed by atoms with E-state index in [9.17, 15) is 13.6 Å². The summed E-state index contributed by atoms with van der Waals surface area (Å²) in [6.07, 6.45) is 1.76. The lowest BCUT2D eigenvalue weighted by Gasteiger charge is -2.13. The number of carboxylic acid groups (broad SMARTS) is 1. The van der Waals surface area contributed by atoms with Crippen LogP contribution in [0.4, 0.5) is 8.78 Å². The molecule has 0 saturated heterocycles. The third kappa shape index (κ3) is 3.70. The van der Waals surface area contributed by atoms with Gasteiger partial charge in [-0.25, -0.2) is 4.79 Å². The van der Waals surface area contributed by atoms with Gasteiger partial charge < -0.3 is 5.11 Å². The summed E-state index contributed by atoms with van der Waals surface area (Å²) >= 11 is 12.1. The summed E-state index contributed by atoms with van der Waals surface area (Å²) in [4.78, 5) is 10.8. The van der Waals surface area contributed by atoms with Crippen LogP contribution in [0, 0.1) is 6.92 Å². The van der Waals surface area contributed by atoms with Crippen molar-refractivity contribution in [3.63, 3.8) is 0 Å². The van der Waals surface area contributed by atoms with E-state index in [1.807, 2.05) is 0 Å². The van der Waals surface area contributed by atoms with Gasteiger partial charge in [-0.15, -0.1) is 0 Å². The Balaban J connectivity index is 2.58. The zero-order chi connectivity index (χ0) is 18.9. The molecule has 2 rings (SSSR count). The Hall–Kier alpha value is -1.92. The third-order valence-electron chi connectivity index (χ3n) is 3.82. The number of aromatic nitrogens is 2. The number of nitrogens with zero attached hydrogens (tertiary/aromatic N) is 2. The summed E-state index contributed by atoms with van der Waals surface area (Å²) in [7, 11) is 0. The molecule has 0 spiro atoms. The van der Waals surface area contributed by atoms with Crippen LogP contribution >= 0.6 is 23.2 Å². The highest BCUT2D eigenvalue weighted by atomic mass is 35.5. The van der Waals surface area contributed by atoms with Crippen molar-refractivity contribution >= 4 is 40.1 Å². The van der Waals surface area contributed by atoms with E-state index in [4.69, 9.17) is 28.3 Å². The summed E-state index contributed by atoms with van der Waals surface area (Å²) in [6, 6.07) is 3.68. The van der Waals surface area contributed by atoms with Gasteiger partial charge in [-0.1, -0.05) is 41.4 Å². The number of fused-ring (bicyclic) bond motifs is 1. The van der Waals surface area contributed by atoms with Crippen LogP contribution in [0.1, 0.15) is 25.1 Å². The predicted octanol–water partition coefficient (Wildman–Crippen LogP) is 5.18. The summed E-state index contributed by atoms with van der Waals surface area (Å²) < 4.78 is 29.1. The number of carboxylic acids is 1. The van der Waals surface area contributed by atoms with Crippen molar-refractivity contribution in [3.8, 4) is 0 Å². The average molecular weight is 389 g/mol. The molecule has 0 bridgehead atoms. The molecule has 2 aromatic rings. The molecule has 0 amide bonds. The molecule has 0 radical (unpaired) electrons. The zero-order valence-electron chi connectivity index (χ0n) is 13.8. The Morgan fingerprint density at radius 2 is 2.04 bits per heavy atom. The van der Waals surface area contributed by atoms with Gasteiger partial charge in [0.15, 0.2) is 0 Å². The molecule has 4 nitrogen and oxygen atoms in total. The van der Waals surface area contributed by atoms with Crippen molar-refractivity contribution in [1.29, 1.82) is 0 Å². The first-order chi connectivity index (χ1) is 11.6. The van der Waals surface area contributed by atoms with Gasteiger partial charge in [0.1, 0.15) is 0 Å². The predicted molar refractivity (Wildman–Crippen MR) is 94.2 cm³/mol. The van der Waals surface area contributed by atoms with Crippen LogP contribution in [-0.2, 0) is 17.3 Å². The standard InChI is InChI=1S/C17H16Cl2F2N2O2/c1-4-11(15(19)9(2)18)8-23-14-7-12(17(20,21)16(24)25)5-6-13(14)10(3)22-23/h4-7H,8H2,1-3H3,(H,24,25)/b11-4-,15-9-. The first kappa shape index (κ1) is 19.4. The van der Waals surface area contributed by atoms with Gasteiger partial charge in [-0.05, 0) is 32.4 Å². The second-order valence-electron chi connectivity index (χ2n) is 5.52. The molecule has 1 aromatic heterocycles. The lowest BCUT2D eigenvalue weighted by Crippen LogP contribution is -2.25. The summed E-state index contributed by atoms with van der Waals surface area (Å²) in [5.74, 6) is -6.18. The SMILES string of the molecule is C/C=C(Cn1nc(C)c2ccc(C(F)(F)C(=O)O)cc21)\C(Cl)=C(/C)Cl. The fourth-order valence-electron chi connectivity index (χ4n) is 2.45. The van der Waals surface area contributed by atoms with Crippen LogP contribution in [0.5, 0.6) is 0 Å². The van der Waals surface area contributed by atoms with Crippen molar-refractivity contribution in [3.05, 3.63) is 51.2 Å². The number of halogens is 4.